The molecule has 0 aliphatic carbocycles. The summed E-state index contributed by atoms with van der Waals surface area (Å²) in [7, 11) is -2.32. The van der Waals surface area contributed by atoms with Crippen molar-refractivity contribution in [3.63, 3.8) is 0 Å². The van der Waals surface area contributed by atoms with Gasteiger partial charge in [-0.05, 0) is 67.3 Å². The highest BCUT2D eigenvalue weighted by atomic mass is 32.2. The van der Waals surface area contributed by atoms with Crippen molar-refractivity contribution in [2.75, 3.05) is 32.3 Å². The highest BCUT2D eigenvalue weighted by Gasteiger charge is 2.27. The van der Waals surface area contributed by atoms with Crippen LogP contribution in [-0.4, -0.2) is 51.6 Å². The van der Waals surface area contributed by atoms with Crippen LogP contribution in [0.3, 0.4) is 0 Å². The van der Waals surface area contributed by atoms with E-state index in [2.05, 4.69) is 5.32 Å². The molecule has 2 aliphatic heterocycles. The molecule has 0 atom stereocenters. The zero-order valence-corrected chi connectivity index (χ0v) is 23.5. The largest absolute Gasteiger partial charge is 0.465 e. The van der Waals surface area contributed by atoms with Gasteiger partial charge >= 0.3 is 5.97 Å². The topological polar surface area (TPSA) is 111 Å². The van der Waals surface area contributed by atoms with Crippen LogP contribution < -0.4 is 14.8 Å². The Bertz CT molecular complexity index is 1490. The number of hydrogen-bond donors (Lipinski definition) is 1. The highest BCUT2D eigenvalue weighted by Crippen LogP contribution is 2.38. The Morgan fingerprint density at radius 2 is 1.69 bits per heavy atom. The smallest absolute Gasteiger partial charge is 0.341 e. The van der Waals surface area contributed by atoms with Crippen molar-refractivity contribution < 1.29 is 32.2 Å². The molecule has 1 saturated heterocycles. The third-order valence-electron chi connectivity index (χ3n) is 6.98. The van der Waals surface area contributed by atoms with E-state index >= 15 is 0 Å². The number of carbonyl (C=O) groups is 2. The van der Waals surface area contributed by atoms with Crippen LogP contribution in [-0.2, 0) is 21.2 Å². The third-order valence-corrected chi connectivity index (χ3v) is 10.1. The van der Waals surface area contributed by atoms with E-state index in [4.69, 9.17) is 14.2 Å². The molecule has 1 N–H and O–H groups in total. The van der Waals surface area contributed by atoms with Crippen molar-refractivity contribution in [1.29, 1.82) is 0 Å². The van der Waals surface area contributed by atoms with Gasteiger partial charge in [-0.25, -0.2) is 13.2 Å². The number of carbonyl (C=O) groups excluding carboxylic acids is 2. The second-order valence-corrected chi connectivity index (χ2v) is 12.6. The van der Waals surface area contributed by atoms with Gasteiger partial charge < -0.3 is 19.5 Å². The molecule has 11 heteroatoms. The lowest BCUT2D eigenvalue weighted by molar-refractivity contribution is 0.0601. The normalized spacial score (nSPS) is 15.5. The van der Waals surface area contributed by atoms with Gasteiger partial charge in [-0.1, -0.05) is 18.9 Å². The number of nitrogens with zero attached hydrogens (tertiary/aromatic N) is 1. The fraction of sp³-hybridized carbons (Fsp3) is 0.357. The van der Waals surface area contributed by atoms with Crippen LogP contribution in [0.1, 0.15) is 62.4 Å². The van der Waals surface area contributed by atoms with Crippen molar-refractivity contribution in [2.24, 2.45) is 0 Å². The molecule has 1 aromatic heterocycles. The number of anilines is 1. The predicted molar refractivity (Wildman–Crippen MR) is 147 cm³/mol. The lowest BCUT2D eigenvalue weighted by Gasteiger charge is -2.20. The first-order chi connectivity index (χ1) is 18.8. The minimum Gasteiger partial charge on any atom is -0.465 e. The number of benzene rings is 2. The van der Waals surface area contributed by atoms with Crippen molar-refractivity contribution in [3.8, 4) is 11.5 Å². The number of esters is 1. The Morgan fingerprint density at radius 1 is 1.00 bits per heavy atom. The first-order valence-corrected chi connectivity index (χ1v) is 15.0. The maximum atomic E-state index is 13.1. The minimum absolute atomic E-state index is 0.161. The number of thiophene rings is 1. The molecule has 9 nitrogen and oxygen atoms in total. The molecule has 1 fully saturated rings. The van der Waals surface area contributed by atoms with E-state index in [9.17, 15) is 18.0 Å². The molecule has 0 bridgehead atoms. The van der Waals surface area contributed by atoms with Gasteiger partial charge in [0.1, 0.15) is 5.00 Å². The molecule has 39 heavy (non-hydrogen) atoms. The van der Waals surface area contributed by atoms with E-state index in [1.165, 1.54) is 47.0 Å². The Hall–Kier alpha value is -3.41. The van der Waals surface area contributed by atoms with Crippen LogP contribution >= 0.6 is 11.3 Å². The zero-order chi connectivity index (χ0) is 27.6. The van der Waals surface area contributed by atoms with Gasteiger partial charge in [0, 0.05) is 30.0 Å². The molecular weight excluding hydrogens is 540 g/mol. The van der Waals surface area contributed by atoms with Gasteiger partial charge in [-0.2, -0.15) is 4.31 Å². The van der Waals surface area contributed by atoms with Gasteiger partial charge in [-0.15, -0.1) is 11.3 Å². The van der Waals surface area contributed by atoms with E-state index in [1.807, 2.05) is 25.1 Å². The number of ether oxygens (including phenoxy) is 3. The molecule has 0 spiro atoms. The number of fused-ring (bicyclic) bond motifs is 1. The molecule has 206 valence electrons. The maximum Gasteiger partial charge on any atom is 0.341 e. The van der Waals surface area contributed by atoms with Crippen LogP contribution in [0.5, 0.6) is 11.5 Å². The number of rotatable bonds is 7. The first kappa shape index (κ1) is 27.2. The van der Waals surface area contributed by atoms with Crippen LogP contribution in [0.15, 0.2) is 47.4 Å². The third kappa shape index (κ3) is 5.66. The first-order valence-electron chi connectivity index (χ1n) is 12.8. The number of methoxy groups -OCH3 is 1. The second-order valence-electron chi connectivity index (χ2n) is 9.51. The Morgan fingerprint density at radius 3 is 2.38 bits per heavy atom. The summed E-state index contributed by atoms with van der Waals surface area (Å²) in [5.41, 5.74) is 2.27. The number of nitrogens with one attached hydrogen (secondary N) is 1. The van der Waals surface area contributed by atoms with Crippen LogP contribution in [0.2, 0.25) is 0 Å². The fourth-order valence-electron chi connectivity index (χ4n) is 4.79. The number of sulfonamides is 1. The van der Waals surface area contributed by atoms with E-state index in [-0.39, 0.29) is 17.3 Å². The fourth-order valence-corrected chi connectivity index (χ4v) is 7.53. The number of amides is 1. The summed E-state index contributed by atoms with van der Waals surface area (Å²) in [5, 5.41) is 3.21. The zero-order valence-electron chi connectivity index (χ0n) is 21.8. The molecule has 5 rings (SSSR count). The van der Waals surface area contributed by atoms with Crippen molar-refractivity contribution in [2.45, 2.75) is 43.9 Å². The Balaban J connectivity index is 1.36. The lowest BCUT2D eigenvalue weighted by Crippen LogP contribution is -2.31. The molecular formula is C28H30N2O7S2. The van der Waals surface area contributed by atoms with Crippen molar-refractivity contribution in [1.82, 2.24) is 4.31 Å². The van der Waals surface area contributed by atoms with Gasteiger partial charge in [0.2, 0.25) is 16.8 Å². The summed E-state index contributed by atoms with van der Waals surface area (Å²) in [6.07, 6.45) is 4.27. The van der Waals surface area contributed by atoms with Gasteiger partial charge in [0.25, 0.3) is 5.91 Å². The SMILES string of the molecule is COC(=O)c1c(NC(=O)c2ccc(S(=O)(=O)N3CCCCCC3)cc2)sc(Cc2ccc3c(c2)OCO3)c1C. The van der Waals surface area contributed by atoms with Crippen LogP contribution in [0, 0.1) is 6.92 Å². The quantitative estimate of drug-likeness (QED) is 0.399. The summed E-state index contributed by atoms with van der Waals surface area (Å²) >= 11 is 1.30. The summed E-state index contributed by atoms with van der Waals surface area (Å²) in [6.45, 7) is 3.02. The average molecular weight is 571 g/mol. The van der Waals surface area contributed by atoms with Gasteiger partial charge in [-0.3, -0.25) is 4.79 Å². The average Bonchev–Trinajstić information content (AvgIpc) is 3.39. The molecule has 2 aromatic carbocycles. The second kappa shape index (κ2) is 11.4. The summed E-state index contributed by atoms with van der Waals surface area (Å²) < 4.78 is 43.5. The standard InChI is InChI=1S/C28H30N2O7S2/c1-18-24(16-19-7-12-22-23(15-19)37-17-36-22)38-27(25(18)28(32)35-2)29-26(31)20-8-10-21(11-9-20)39(33,34)30-13-5-3-4-6-14-30/h7-12,15H,3-6,13-14,16-17H2,1-2H3,(H,29,31). The van der Waals surface area contributed by atoms with Gasteiger partial charge in [0.15, 0.2) is 11.5 Å². The molecule has 0 radical (unpaired) electrons. The minimum atomic E-state index is -3.62. The molecule has 1 amide bonds. The lowest BCUT2D eigenvalue weighted by atomic mass is 10.1. The van der Waals surface area contributed by atoms with Crippen LogP contribution in [0.25, 0.3) is 0 Å². The summed E-state index contributed by atoms with van der Waals surface area (Å²) in [6, 6.07) is 11.6. The highest BCUT2D eigenvalue weighted by molar-refractivity contribution is 7.89. The summed E-state index contributed by atoms with van der Waals surface area (Å²) in [5.74, 6) is 0.365. The van der Waals surface area contributed by atoms with E-state index in [0.717, 1.165) is 41.7 Å². The predicted octanol–water partition coefficient (Wildman–Crippen LogP) is 4.98. The van der Waals surface area contributed by atoms with E-state index in [0.29, 0.717) is 41.6 Å². The molecule has 0 saturated carbocycles. The summed E-state index contributed by atoms with van der Waals surface area (Å²) in [4.78, 5) is 26.8. The van der Waals surface area contributed by atoms with Crippen molar-refractivity contribution >= 4 is 38.2 Å². The molecule has 3 heterocycles. The number of hydrogen-bond acceptors (Lipinski definition) is 8. The molecule has 3 aromatic rings. The Labute approximate surface area is 231 Å². The van der Waals surface area contributed by atoms with Crippen LogP contribution in [0.4, 0.5) is 5.00 Å². The van der Waals surface area contributed by atoms with Crippen molar-refractivity contribution in [3.05, 3.63) is 69.6 Å². The maximum absolute atomic E-state index is 13.1. The van der Waals surface area contributed by atoms with E-state index < -0.39 is 21.9 Å². The Kier molecular flexibility index (Phi) is 7.92. The molecule has 0 unspecified atom stereocenters. The molecule has 2 aliphatic rings. The van der Waals surface area contributed by atoms with Gasteiger partial charge in [0.05, 0.1) is 17.6 Å². The van der Waals surface area contributed by atoms with E-state index in [1.54, 1.807) is 0 Å². The monoisotopic (exact) mass is 570 g/mol.